The molecule has 0 saturated carbocycles. The van der Waals surface area contributed by atoms with Crippen LogP contribution in [-0.4, -0.2) is 19.4 Å². The van der Waals surface area contributed by atoms with Gasteiger partial charge in [0.25, 0.3) is 10.0 Å². The van der Waals surface area contributed by atoms with Crippen molar-refractivity contribution in [3.05, 3.63) is 72.4 Å². The van der Waals surface area contributed by atoms with Gasteiger partial charge in [-0.15, -0.1) is 0 Å². The molecule has 1 aromatic heterocycles. The zero-order chi connectivity index (χ0) is 17.9. The van der Waals surface area contributed by atoms with Crippen LogP contribution in [0.15, 0.2) is 71.8 Å². The monoisotopic (exact) mass is 353 g/mol. The fourth-order valence-electron chi connectivity index (χ4n) is 2.37. The van der Waals surface area contributed by atoms with Crippen LogP contribution in [0.25, 0.3) is 17.0 Å². The van der Waals surface area contributed by atoms with E-state index in [0.29, 0.717) is 16.8 Å². The zero-order valence-corrected chi connectivity index (χ0v) is 13.7. The van der Waals surface area contributed by atoms with Gasteiger partial charge in [0.2, 0.25) is 0 Å². The number of hydrogen-bond acceptors (Lipinski definition) is 5. The molecule has 0 atom stereocenters. The standard InChI is InChI=1S/C18H14N2O4S/c21-17(22)10-9-13-4-1-7-15(12-13)20-25(23,24)16-8-2-5-14-6-3-11-19-18(14)16/h1-12,20H,(H,21,22)/p-1. The molecule has 25 heavy (non-hydrogen) atoms. The second-order valence-corrected chi connectivity index (χ2v) is 6.87. The van der Waals surface area contributed by atoms with Crippen molar-refractivity contribution in [3.63, 3.8) is 0 Å². The number of fused-ring (bicyclic) bond motifs is 1. The number of carboxylic acids is 1. The minimum absolute atomic E-state index is 0.0706. The lowest BCUT2D eigenvalue weighted by atomic mass is 10.2. The third kappa shape index (κ3) is 3.84. The van der Waals surface area contributed by atoms with Gasteiger partial charge in [0, 0.05) is 17.3 Å². The highest BCUT2D eigenvalue weighted by Gasteiger charge is 2.18. The number of aliphatic carboxylic acids is 1. The minimum Gasteiger partial charge on any atom is -0.545 e. The van der Waals surface area contributed by atoms with Crippen molar-refractivity contribution >= 4 is 38.7 Å². The first kappa shape index (κ1) is 16.7. The molecule has 1 N–H and O–H groups in total. The van der Waals surface area contributed by atoms with Crippen LogP contribution in [0.4, 0.5) is 5.69 Å². The maximum Gasteiger partial charge on any atom is 0.264 e. The van der Waals surface area contributed by atoms with E-state index in [2.05, 4.69) is 9.71 Å². The van der Waals surface area contributed by atoms with Gasteiger partial charge in [-0.05, 0) is 35.9 Å². The number of para-hydroxylation sites is 1. The molecular weight excluding hydrogens is 340 g/mol. The quantitative estimate of drug-likeness (QED) is 0.705. The van der Waals surface area contributed by atoms with Crippen molar-refractivity contribution in [1.82, 2.24) is 4.98 Å². The molecule has 0 fully saturated rings. The van der Waals surface area contributed by atoms with E-state index in [-0.39, 0.29) is 4.90 Å². The molecule has 0 saturated heterocycles. The molecule has 126 valence electrons. The lowest BCUT2D eigenvalue weighted by molar-refractivity contribution is -0.297. The Labute approximate surface area is 144 Å². The first-order chi connectivity index (χ1) is 12.0. The zero-order valence-electron chi connectivity index (χ0n) is 12.9. The normalized spacial score (nSPS) is 11.7. The Hall–Kier alpha value is -3.19. The number of carbonyl (C=O) groups is 1. The molecule has 0 amide bonds. The van der Waals surface area contributed by atoms with Gasteiger partial charge in [-0.25, -0.2) is 8.42 Å². The molecule has 0 spiro atoms. The van der Waals surface area contributed by atoms with Crippen molar-refractivity contribution in [3.8, 4) is 0 Å². The number of sulfonamides is 1. The highest BCUT2D eigenvalue weighted by atomic mass is 32.2. The maximum absolute atomic E-state index is 12.7. The Bertz CT molecular complexity index is 1070. The van der Waals surface area contributed by atoms with Crippen LogP contribution < -0.4 is 9.83 Å². The van der Waals surface area contributed by atoms with Crippen LogP contribution in [0, 0.1) is 0 Å². The summed E-state index contributed by atoms with van der Waals surface area (Å²) in [4.78, 5) is 14.7. The third-order valence-corrected chi connectivity index (χ3v) is 4.85. The lowest BCUT2D eigenvalue weighted by Crippen LogP contribution is -2.18. The number of nitrogens with zero attached hydrogens (tertiary/aromatic N) is 1. The molecule has 7 heteroatoms. The van der Waals surface area contributed by atoms with Crippen LogP contribution in [0.1, 0.15) is 5.56 Å². The summed E-state index contributed by atoms with van der Waals surface area (Å²) in [6.45, 7) is 0. The van der Waals surface area contributed by atoms with Gasteiger partial charge in [-0.3, -0.25) is 9.71 Å². The highest BCUT2D eigenvalue weighted by Crippen LogP contribution is 2.23. The van der Waals surface area contributed by atoms with Crippen molar-refractivity contribution in [2.75, 3.05) is 4.72 Å². The first-order valence-electron chi connectivity index (χ1n) is 7.31. The summed E-state index contributed by atoms with van der Waals surface area (Å²) in [7, 11) is -3.85. The molecule has 0 aliphatic heterocycles. The molecule has 0 aliphatic carbocycles. The summed E-state index contributed by atoms with van der Waals surface area (Å²) in [5.41, 5.74) is 1.22. The predicted molar refractivity (Wildman–Crippen MR) is 93.0 cm³/mol. The second-order valence-electron chi connectivity index (χ2n) is 5.21. The SMILES string of the molecule is O=C([O-])C=Cc1cccc(NS(=O)(=O)c2cccc3cccnc23)c1. The molecule has 0 radical (unpaired) electrons. The number of carbonyl (C=O) groups excluding carboxylic acids is 1. The second kappa shape index (κ2) is 6.74. The van der Waals surface area contributed by atoms with Gasteiger partial charge < -0.3 is 9.90 Å². The average Bonchev–Trinajstić information content (AvgIpc) is 2.59. The molecule has 6 nitrogen and oxygen atoms in total. The maximum atomic E-state index is 12.7. The number of pyridine rings is 1. The van der Waals surface area contributed by atoms with Crippen molar-refractivity contribution in [1.29, 1.82) is 0 Å². The van der Waals surface area contributed by atoms with Crippen molar-refractivity contribution < 1.29 is 18.3 Å². The fraction of sp³-hybridized carbons (Fsp3) is 0. The van der Waals surface area contributed by atoms with E-state index < -0.39 is 16.0 Å². The number of nitrogens with one attached hydrogen (secondary N) is 1. The highest BCUT2D eigenvalue weighted by molar-refractivity contribution is 7.93. The topological polar surface area (TPSA) is 99.2 Å². The molecule has 0 unspecified atom stereocenters. The van der Waals surface area contributed by atoms with Gasteiger partial charge in [0.15, 0.2) is 0 Å². The first-order valence-corrected chi connectivity index (χ1v) is 8.80. The van der Waals surface area contributed by atoms with E-state index >= 15 is 0 Å². The number of carboxylic acid groups (broad SMARTS) is 1. The number of aromatic nitrogens is 1. The number of hydrogen-bond donors (Lipinski definition) is 1. The van der Waals surface area contributed by atoms with Crippen molar-refractivity contribution in [2.24, 2.45) is 0 Å². The molecule has 0 bridgehead atoms. The summed E-state index contributed by atoms with van der Waals surface area (Å²) in [6, 6.07) is 14.8. The van der Waals surface area contributed by atoms with Crippen LogP contribution in [-0.2, 0) is 14.8 Å². The summed E-state index contributed by atoms with van der Waals surface area (Å²) >= 11 is 0. The Morgan fingerprint density at radius 1 is 1.08 bits per heavy atom. The summed E-state index contributed by atoms with van der Waals surface area (Å²) in [6.07, 6.45) is 3.74. The van der Waals surface area contributed by atoms with E-state index in [9.17, 15) is 18.3 Å². The van der Waals surface area contributed by atoms with Crippen LogP contribution in [0.5, 0.6) is 0 Å². The number of anilines is 1. The Morgan fingerprint density at radius 3 is 2.64 bits per heavy atom. The van der Waals surface area contributed by atoms with E-state index in [1.54, 1.807) is 42.5 Å². The lowest BCUT2D eigenvalue weighted by Gasteiger charge is -2.10. The van der Waals surface area contributed by atoms with Gasteiger partial charge in [0.05, 0.1) is 11.5 Å². The smallest absolute Gasteiger partial charge is 0.264 e. The van der Waals surface area contributed by atoms with Crippen molar-refractivity contribution in [2.45, 2.75) is 4.90 Å². The summed E-state index contributed by atoms with van der Waals surface area (Å²) in [5.74, 6) is -1.33. The van der Waals surface area contributed by atoms with E-state index in [4.69, 9.17) is 0 Å². The molecule has 3 rings (SSSR count). The average molecular weight is 353 g/mol. The Balaban J connectivity index is 1.96. The number of benzene rings is 2. The van der Waals surface area contributed by atoms with Crippen LogP contribution in [0.2, 0.25) is 0 Å². The molecular formula is C18H13N2O4S-. The Morgan fingerprint density at radius 2 is 1.84 bits per heavy atom. The summed E-state index contributed by atoms with van der Waals surface area (Å²) in [5, 5.41) is 11.2. The third-order valence-electron chi connectivity index (χ3n) is 3.44. The van der Waals surface area contributed by atoms with E-state index in [1.807, 2.05) is 0 Å². The van der Waals surface area contributed by atoms with Gasteiger partial charge in [-0.1, -0.05) is 36.4 Å². The minimum atomic E-state index is -3.85. The van der Waals surface area contributed by atoms with E-state index in [1.165, 1.54) is 24.4 Å². The molecule has 1 heterocycles. The summed E-state index contributed by atoms with van der Waals surface area (Å²) < 4.78 is 27.9. The Kier molecular flexibility index (Phi) is 4.49. The predicted octanol–water partition coefficient (Wildman–Crippen LogP) is 1.80. The van der Waals surface area contributed by atoms with Crippen LogP contribution in [0.3, 0.4) is 0 Å². The largest absolute Gasteiger partial charge is 0.545 e. The molecule has 3 aromatic rings. The van der Waals surface area contributed by atoms with Gasteiger partial charge >= 0.3 is 0 Å². The molecule has 2 aromatic carbocycles. The van der Waals surface area contributed by atoms with Gasteiger partial charge in [-0.2, -0.15) is 0 Å². The molecule has 0 aliphatic rings. The van der Waals surface area contributed by atoms with Gasteiger partial charge in [0.1, 0.15) is 4.90 Å². The van der Waals surface area contributed by atoms with E-state index in [0.717, 1.165) is 11.5 Å². The fourth-order valence-corrected chi connectivity index (χ4v) is 3.60. The number of rotatable bonds is 5. The van der Waals surface area contributed by atoms with Crippen LogP contribution >= 0.6 is 0 Å².